The molecule has 0 unspecified atom stereocenters. The summed E-state index contributed by atoms with van der Waals surface area (Å²) in [6, 6.07) is 41.6. The van der Waals surface area contributed by atoms with Gasteiger partial charge in [0.15, 0.2) is 0 Å². The highest BCUT2D eigenvalue weighted by atomic mass is 16.6. The lowest BCUT2D eigenvalue weighted by atomic mass is 9.91. The van der Waals surface area contributed by atoms with Gasteiger partial charge >= 0.3 is 5.97 Å². The Morgan fingerprint density at radius 2 is 1.04 bits per heavy atom. The SMILES string of the molecule is COC(=O)c1ccn2c1[C@H](OCc1ccccc1)[C@@H](OCc1ccccc1)[C@H](OCc1ccccc1)[C@H]2COCc1ccccc1. The fraction of sp³-hybridized carbons (Fsp3) is 0.256. The summed E-state index contributed by atoms with van der Waals surface area (Å²) in [6.07, 6.45) is 0.206. The zero-order valence-electron chi connectivity index (χ0n) is 25.9. The van der Waals surface area contributed by atoms with Gasteiger partial charge in [0.2, 0.25) is 0 Å². The molecule has 0 aliphatic carbocycles. The number of benzene rings is 4. The summed E-state index contributed by atoms with van der Waals surface area (Å²) in [5.74, 6) is -0.434. The van der Waals surface area contributed by atoms with Crippen LogP contribution < -0.4 is 0 Å². The van der Waals surface area contributed by atoms with Crippen molar-refractivity contribution in [3.8, 4) is 0 Å². The Kier molecular flexibility index (Phi) is 10.7. The van der Waals surface area contributed by atoms with Crippen molar-refractivity contribution in [3.05, 3.63) is 167 Å². The van der Waals surface area contributed by atoms with E-state index in [0.717, 1.165) is 22.3 Å². The highest BCUT2D eigenvalue weighted by Crippen LogP contribution is 2.42. The van der Waals surface area contributed by atoms with E-state index in [1.54, 1.807) is 6.07 Å². The monoisotopic (exact) mass is 617 g/mol. The maximum Gasteiger partial charge on any atom is 0.339 e. The van der Waals surface area contributed by atoms with Crippen LogP contribution in [0.3, 0.4) is 0 Å². The number of hydrogen-bond acceptors (Lipinski definition) is 6. The van der Waals surface area contributed by atoms with Gasteiger partial charge in [-0.15, -0.1) is 0 Å². The Morgan fingerprint density at radius 1 is 0.587 bits per heavy atom. The first-order valence-corrected chi connectivity index (χ1v) is 15.6. The second-order valence-electron chi connectivity index (χ2n) is 11.3. The van der Waals surface area contributed by atoms with Crippen LogP contribution in [0.1, 0.15) is 50.5 Å². The Bertz CT molecular complexity index is 1640. The van der Waals surface area contributed by atoms with Gasteiger partial charge in [0, 0.05) is 6.20 Å². The fourth-order valence-corrected chi connectivity index (χ4v) is 5.94. The van der Waals surface area contributed by atoms with Crippen LogP contribution in [0.5, 0.6) is 0 Å². The van der Waals surface area contributed by atoms with Gasteiger partial charge in [-0.05, 0) is 28.3 Å². The number of methoxy groups -OCH3 is 1. The van der Waals surface area contributed by atoms with E-state index in [1.807, 2.05) is 128 Å². The van der Waals surface area contributed by atoms with Gasteiger partial charge in [-0.2, -0.15) is 0 Å². The number of fused-ring (bicyclic) bond motifs is 1. The molecule has 46 heavy (non-hydrogen) atoms. The lowest BCUT2D eigenvalue weighted by molar-refractivity contribution is -0.187. The molecule has 0 radical (unpaired) electrons. The van der Waals surface area contributed by atoms with E-state index in [-0.39, 0.29) is 6.04 Å². The highest BCUT2D eigenvalue weighted by Gasteiger charge is 2.47. The molecule has 4 aromatic carbocycles. The largest absolute Gasteiger partial charge is 0.465 e. The van der Waals surface area contributed by atoms with Crippen LogP contribution in [0.4, 0.5) is 0 Å². The first kappa shape index (κ1) is 31.5. The molecule has 0 N–H and O–H groups in total. The van der Waals surface area contributed by atoms with Crippen molar-refractivity contribution in [1.29, 1.82) is 0 Å². The number of carbonyl (C=O) groups excluding carboxylic acids is 1. The standard InChI is InChI=1S/C39H39NO6/c1-42-39(41)33-22-23-40-34(28-43-24-29-14-6-2-7-15-29)36(44-25-30-16-8-3-9-17-30)38(46-27-32-20-12-5-13-21-32)37(35(33)40)45-26-31-18-10-4-11-19-31/h2-23,34,36-38H,24-28H2,1H3/t34-,36-,37+,38+/m1/s1. The van der Waals surface area contributed by atoms with Crippen LogP contribution in [0.25, 0.3) is 0 Å². The second-order valence-corrected chi connectivity index (χ2v) is 11.3. The minimum Gasteiger partial charge on any atom is -0.465 e. The minimum absolute atomic E-state index is 0.321. The number of rotatable bonds is 14. The van der Waals surface area contributed by atoms with Crippen LogP contribution in [-0.4, -0.2) is 36.5 Å². The van der Waals surface area contributed by atoms with Crippen molar-refractivity contribution in [2.75, 3.05) is 13.7 Å². The zero-order chi connectivity index (χ0) is 31.6. The topological polar surface area (TPSA) is 68.2 Å². The molecule has 0 amide bonds. The fourth-order valence-electron chi connectivity index (χ4n) is 5.94. The summed E-state index contributed by atoms with van der Waals surface area (Å²) >= 11 is 0. The summed E-state index contributed by atoms with van der Waals surface area (Å²) in [4.78, 5) is 13.2. The molecule has 0 fully saturated rings. The first-order chi connectivity index (χ1) is 22.7. The molecule has 0 bridgehead atoms. The Morgan fingerprint density at radius 3 is 1.54 bits per heavy atom. The van der Waals surface area contributed by atoms with Gasteiger partial charge in [0.25, 0.3) is 0 Å². The van der Waals surface area contributed by atoms with Gasteiger partial charge in [-0.3, -0.25) is 0 Å². The van der Waals surface area contributed by atoms with Crippen molar-refractivity contribution in [2.24, 2.45) is 0 Å². The Balaban J connectivity index is 1.39. The molecule has 0 saturated heterocycles. The Labute approximate surface area is 270 Å². The predicted molar refractivity (Wildman–Crippen MR) is 175 cm³/mol. The van der Waals surface area contributed by atoms with Crippen LogP contribution in [-0.2, 0) is 50.1 Å². The number of nitrogens with zero attached hydrogens (tertiary/aromatic N) is 1. The smallest absolute Gasteiger partial charge is 0.339 e. The van der Waals surface area contributed by atoms with E-state index < -0.39 is 24.3 Å². The maximum atomic E-state index is 13.2. The molecule has 1 aromatic heterocycles. The second kappa shape index (κ2) is 15.7. The minimum atomic E-state index is -0.640. The molecule has 0 spiro atoms. The molecule has 236 valence electrons. The molecule has 7 heteroatoms. The van der Waals surface area contributed by atoms with E-state index >= 15 is 0 Å². The number of aromatic nitrogens is 1. The van der Waals surface area contributed by atoms with Crippen molar-refractivity contribution in [1.82, 2.24) is 4.57 Å². The average molecular weight is 618 g/mol. The average Bonchev–Trinajstić information content (AvgIpc) is 3.56. The van der Waals surface area contributed by atoms with Crippen LogP contribution in [0.15, 0.2) is 134 Å². The van der Waals surface area contributed by atoms with E-state index in [0.29, 0.717) is 44.3 Å². The van der Waals surface area contributed by atoms with E-state index in [9.17, 15) is 4.79 Å². The summed E-state index contributed by atoms with van der Waals surface area (Å²) in [5.41, 5.74) is 5.28. The first-order valence-electron chi connectivity index (χ1n) is 15.6. The molecule has 1 aliphatic rings. The van der Waals surface area contributed by atoms with Crippen LogP contribution in [0, 0.1) is 0 Å². The molecular weight excluding hydrogens is 578 g/mol. The van der Waals surface area contributed by atoms with Gasteiger partial charge in [0.1, 0.15) is 18.3 Å². The molecule has 0 saturated carbocycles. The van der Waals surface area contributed by atoms with E-state index in [2.05, 4.69) is 4.57 Å². The maximum absolute atomic E-state index is 13.2. The summed E-state index contributed by atoms with van der Waals surface area (Å²) in [7, 11) is 1.39. The molecule has 4 atom stereocenters. The quantitative estimate of drug-likeness (QED) is 0.120. The molecule has 2 heterocycles. The molecule has 1 aliphatic heterocycles. The van der Waals surface area contributed by atoms with E-state index in [1.165, 1.54) is 7.11 Å². The highest BCUT2D eigenvalue weighted by molar-refractivity contribution is 5.91. The van der Waals surface area contributed by atoms with Crippen molar-refractivity contribution < 1.29 is 28.5 Å². The summed E-state index contributed by atoms with van der Waals surface area (Å²) < 4.78 is 34.0. The summed E-state index contributed by atoms with van der Waals surface area (Å²) in [6.45, 7) is 1.80. The molecular formula is C39H39NO6. The van der Waals surface area contributed by atoms with E-state index in [4.69, 9.17) is 23.7 Å². The normalized spacial score (nSPS) is 19.0. The van der Waals surface area contributed by atoms with Gasteiger partial charge in [-0.25, -0.2) is 4.79 Å². The van der Waals surface area contributed by atoms with Crippen molar-refractivity contribution in [2.45, 2.75) is 50.8 Å². The van der Waals surface area contributed by atoms with Crippen molar-refractivity contribution in [3.63, 3.8) is 0 Å². The van der Waals surface area contributed by atoms with Crippen molar-refractivity contribution >= 4 is 5.97 Å². The number of ether oxygens (including phenoxy) is 5. The van der Waals surface area contributed by atoms with Crippen LogP contribution in [0.2, 0.25) is 0 Å². The number of carbonyl (C=O) groups is 1. The molecule has 7 nitrogen and oxygen atoms in total. The lowest BCUT2D eigenvalue weighted by Gasteiger charge is -2.44. The third-order valence-electron chi connectivity index (χ3n) is 8.23. The van der Waals surface area contributed by atoms with Gasteiger partial charge in [-0.1, -0.05) is 121 Å². The lowest BCUT2D eigenvalue weighted by Crippen LogP contribution is -2.50. The Hall–Kier alpha value is -4.53. The molecule has 6 rings (SSSR count). The summed E-state index contributed by atoms with van der Waals surface area (Å²) in [5, 5.41) is 0. The molecule has 5 aromatic rings. The number of esters is 1. The van der Waals surface area contributed by atoms with Crippen LogP contribution >= 0.6 is 0 Å². The third kappa shape index (κ3) is 7.63. The predicted octanol–water partition coefficient (Wildman–Crippen LogP) is 7.47. The zero-order valence-corrected chi connectivity index (χ0v) is 25.9. The third-order valence-corrected chi connectivity index (χ3v) is 8.23. The van der Waals surface area contributed by atoms with Gasteiger partial charge in [0.05, 0.1) is 57.4 Å². The number of hydrogen-bond donors (Lipinski definition) is 0. The van der Waals surface area contributed by atoms with Gasteiger partial charge < -0.3 is 28.3 Å².